The maximum atomic E-state index is 13.1. The summed E-state index contributed by atoms with van der Waals surface area (Å²) in [6, 6.07) is 13.0. The largest absolute Gasteiger partial charge is 0.325 e. The van der Waals surface area contributed by atoms with Crippen molar-refractivity contribution < 1.29 is 13.6 Å². The van der Waals surface area contributed by atoms with Crippen LogP contribution < -0.4 is 5.32 Å². The predicted octanol–water partition coefficient (Wildman–Crippen LogP) is 4.63. The summed E-state index contributed by atoms with van der Waals surface area (Å²) in [4.78, 5) is 16.9. The van der Waals surface area contributed by atoms with Gasteiger partial charge < -0.3 is 5.32 Å². The molecule has 0 aliphatic rings. The Morgan fingerprint density at radius 2 is 1.96 bits per heavy atom. The van der Waals surface area contributed by atoms with Crippen molar-refractivity contribution in [2.75, 3.05) is 11.1 Å². The first kappa shape index (κ1) is 16.4. The summed E-state index contributed by atoms with van der Waals surface area (Å²) in [5.41, 5.74) is 1.52. The minimum atomic E-state index is -0.882. The zero-order chi connectivity index (χ0) is 16.9. The molecule has 6 heteroatoms. The van der Waals surface area contributed by atoms with Gasteiger partial charge in [0.2, 0.25) is 5.91 Å². The van der Waals surface area contributed by atoms with Crippen molar-refractivity contribution in [2.24, 2.45) is 0 Å². The van der Waals surface area contributed by atoms with Gasteiger partial charge in [0.05, 0.1) is 11.2 Å². The molecule has 122 valence electrons. The fourth-order valence-electron chi connectivity index (χ4n) is 2.25. The number of hydrogen-bond acceptors (Lipinski definition) is 3. The van der Waals surface area contributed by atoms with Gasteiger partial charge in [-0.1, -0.05) is 6.07 Å². The smallest absolute Gasteiger partial charge is 0.225 e. The number of carbonyl (C=O) groups excluding carboxylic acids is 1. The molecule has 3 aromatic rings. The number of carbonyl (C=O) groups is 1. The van der Waals surface area contributed by atoms with Crippen LogP contribution in [0.3, 0.4) is 0 Å². The predicted molar refractivity (Wildman–Crippen MR) is 92.1 cm³/mol. The van der Waals surface area contributed by atoms with Crippen LogP contribution in [0.15, 0.2) is 59.6 Å². The van der Waals surface area contributed by atoms with E-state index in [1.54, 1.807) is 6.20 Å². The van der Waals surface area contributed by atoms with E-state index in [0.717, 1.165) is 23.0 Å². The molecular formula is C18H14F2N2OS. The van der Waals surface area contributed by atoms with E-state index >= 15 is 0 Å². The molecule has 0 spiro atoms. The van der Waals surface area contributed by atoms with E-state index in [1.165, 1.54) is 17.8 Å². The number of pyridine rings is 1. The number of amides is 1. The fourth-order valence-corrected chi connectivity index (χ4v) is 3.13. The molecule has 2 aromatic carbocycles. The Balaban J connectivity index is 1.58. The van der Waals surface area contributed by atoms with Gasteiger partial charge >= 0.3 is 0 Å². The molecule has 0 saturated heterocycles. The highest BCUT2D eigenvalue weighted by molar-refractivity contribution is 7.99. The summed E-state index contributed by atoms with van der Waals surface area (Å²) >= 11 is 1.31. The zero-order valence-corrected chi connectivity index (χ0v) is 13.4. The Hall–Kier alpha value is -2.47. The first-order chi connectivity index (χ1) is 11.6. The Kier molecular flexibility index (Phi) is 5.05. The lowest BCUT2D eigenvalue weighted by molar-refractivity contribution is -0.115. The summed E-state index contributed by atoms with van der Waals surface area (Å²) < 4.78 is 26.0. The number of benzene rings is 2. The molecule has 24 heavy (non-hydrogen) atoms. The zero-order valence-electron chi connectivity index (χ0n) is 12.6. The molecule has 0 aliphatic carbocycles. The van der Waals surface area contributed by atoms with E-state index in [1.807, 2.05) is 30.3 Å². The van der Waals surface area contributed by atoms with Gasteiger partial charge in [-0.2, -0.15) is 0 Å². The summed E-state index contributed by atoms with van der Waals surface area (Å²) in [6.07, 6.45) is 1.96. The van der Waals surface area contributed by atoms with Crippen LogP contribution in [0.4, 0.5) is 14.5 Å². The van der Waals surface area contributed by atoms with Gasteiger partial charge in [-0.05, 0) is 42.5 Å². The van der Waals surface area contributed by atoms with E-state index < -0.39 is 11.6 Å². The highest BCUT2D eigenvalue weighted by atomic mass is 32.2. The number of aromatic nitrogens is 1. The molecule has 3 rings (SSSR count). The summed E-state index contributed by atoms with van der Waals surface area (Å²) in [6.45, 7) is 0. The van der Waals surface area contributed by atoms with E-state index in [-0.39, 0.29) is 12.3 Å². The third-order valence-corrected chi connectivity index (χ3v) is 4.40. The topological polar surface area (TPSA) is 42.0 Å². The maximum Gasteiger partial charge on any atom is 0.225 e. The number of nitrogens with one attached hydrogen (secondary N) is 1. The molecule has 3 nitrogen and oxygen atoms in total. The average molecular weight is 344 g/mol. The normalized spacial score (nSPS) is 10.8. The molecular weight excluding hydrogens is 330 g/mol. The Morgan fingerprint density at radius 1 is 1.08 bits per heavy atom. The Bertz CT molecular complexity index is 881. The SMILES string of the molecule is O=C(CCSc1ccc(F)c(F)c1)Nc1cccc2ncccc12. The quantitative estimate of drug-likeness (QED) is 0.686. The van der Waals surface area contributed by atoms with E-state index in [0.29, 0.717) is 16.3 Å². The first-order valence-electron chi connectivity index (χ1n) is 7.35. The van der Waals surface area contributed by atoms with Gasteiger partial charge in [0.15, 0.2) is 11.6 Å². The molecule has 0 radical (unpaired) electrons. The van der Waals surface area contributed by atoms with Crippen LogP contribution in [0.2, 0.25) is 0 Å². The van der Waals surface area contributed by atoms with E-state index in [4.69, 9.17) is 0 Å². The monoisotopic (exact) mass is 344 g/mol. The van der Waals surface area contributed by atoms with Gasteiger partial charge in [-0.15, -0.1) is 11.8 Å². The molecule has 0 bridgehead atoms. The minimum Gasteiger partial charge on any atom is -0.325 e. The average Bonchev–Trinajstić information content (AvgIpc) is 2.58. The molecule has 0 aliphatic heterocycles. The number of rotatable bonds is 5. The minimum absolute atomic E-state index is 0.138. The number of halogens is 2. The van der Waals surface area contributed by atoms with Crippen LogP contribution in [-0.4, -0.2) is 16.6 Å². The van der Waals surface area contributed by atoms with Crippen molar-refractivity contribution in [3.05, 3.63) is 66.4 Å². The number of fused-ring (bicyclic) bond motifs is 1. The third-order valence-electron chi connectivity index (χ3n) is 3.41. The molecule has 1 aromatic heterocycles. The Labute approximate surface area is 142 Å². The first-order valence-corrected chi connectivity index (χ1v) is 8.33. The molecule has 0 saturated carbocycles. The van der Waals surface area contributed by atoms with Gasteiger partial charge in [0, 0.05) is 28.7 Å². The number of anilines is 1. The van der Waals surface area contributed by atoms with Crippen molar-refractivity contribution >= 4 is 34.3 Å². The van der Waals surface area contributed by atoms with Crippen molar-refractivity contribution in [1.29, 1.82) is 0 Å². The molecule has 0 atom stereocenters. The van der Waals surface area contributed by atoms with Gasteiger partial charge in [0.1, 0.15) is 0 Å². The Morgan fingerprint density at radius 3 is 2.79 bits per heavy atom. The van der Waals surface area contributed by atoms with Gasteiger partial charge in [-0.25, -0.2) is 8.78 Å². The lowest BCUT2D eigenvalue weighted by Gasteiger charge is -2.08. The lowest BCUT2D eigenvalue weighted by atomic mass is 10.2. The van der Waals surface area contributed by atoms with Crippen LogP contribution in [0.25, 0.3) is 10.9 Å². The maximum absolute atomic E-state index is 13.1. The van der Waals surface area contributed by atoms with Crippen molar-refractivity contribution in [1.82, 2.24) is 4.98 Å². The second kappa shape index (κ2) is 7.40. The third kappa shape index (κ3) is 3.89. The number of nitrogens with zero attached hydrogens (tertiary/aromatic N) is 1. The van der Waals surface area contributed by atoms with Crippen molar-refractivity contribution in [3.63, 3.8) is 0 Å². The highest BCUT2D eigenvalue weighted by Gasteiger charge is 2.07. The van der Waals surface area contributed by atoms with Crippen LogP contribution in [-0.2, 0) is 4.79 Å². The van der Waals surface area contributed by atoms with Crippen molar-refractivity contribution in [3.8, 4) is 0 Å². The van der Waals surface area contributed by atoms with Gasteiger partial charge in [-0.3, -0.25) is 9.78 Å². The van der Waals surface area contributed by atoms with Crippen molar-refractivity contribution in [2.45, 2.75) is 11.3 Å². The summed E-state index contributed by atoms with van der Waals surface area (Å²) in [7, 11) is 0. The number of hydrogen-bond donors (Lipinski definition) is 1. The molecule has 1 amide bonds. The molecule has 1 heterocycles. The second-order valence-electron chi connectivity index (χ2n) is 5.10. The second-order valence-corrected chi connectivity index (χ2v) is 6.27. The lowest BCUT2D eigenvalue weighted by Crippen LogP contribution is -2.12. The summed E-state index contributed by atoms with van der Waals surface area (Å²) in [5, 5.41) is 3.74. The summed E-state index contributed by atoms with van der Waals surface area (Å²) in [5.74, 6) is -1.42. The van der Waals surface area contributed by atoms with Crippen LogP contribution >= 0.6 is 11.8 Å². The van der Waals surface area contributed by atoms with Crippen LogP contribution in [0.1, 0.15) is 6.42 Å². The number of thioether (sulfide) groups is 1. The highest BCUT2D eigenvalue weighted by Crippen LogP contribution is 2.23. The molecule has 1 N–H and O–H groups in total. The molecule has 0 unspecified atom stereocenters. The van der Waals surface area contributed by atoms with Crippen LogP contribution in [0, 0.1) is 11.6 Å². The van der Waals surface area contributed by atoms with Gasteiger partial charge in [0.25, 0.3) is 0 Å². The van der Waals surface area contributed by atoms with E-state index in [9.17, 15) is 13.6 Å². The fraction of sp³-hybridized carbons (Fsp3) is 0.111. The standard InChI is InChI=1S/C18H14F2N2OS/c19-14-7-6-12(11-15(14)20)24-10-8-18(23)22-17-5-1-4-16-13(17)3-2-9-21-16/h1-7,9,11H,8,10H2,(H,22,23). The van der Waals surface area contributed by atoms with Crippen LogP contribution in [0.5, 0.6) is 0 Å². The molecule has 0 fully saturated rings. The van der Waals surface area contributed by atoms with E-state index in [2.05, 4.69) is 10.3 Å².